The number of carbonyl (C=O) groups excluding carboxylic acids is 2. The van der Waals surface area contributed by atoms with Crippen LogP contribution in [0.2, 0.25) is 0 Å². The van der Waals surface area contributed by atoms with Crippen molar-refractivity contribution in [2.75, 3.05) is 26.7 Å². The summed E-state index contributed by atoms with van der Waals surface area (Å²) >= 11 is 1.74. The molecule has 0 aliphatic carbocycles. The predicted octanol–water partition coefficient (Wildman–Crippen LogP) is 2.15. The van der Waals surface area contributed by atoms with Crippen LogP contribution in [0.25, 0.3) is 0 Å². The molecule has 0 atom stereocenters. The first kappa shape index (κ1) is 15.0. The Morgan fingerprint density at radius 2 is 2.35 bits per heavy atom. The topological polar surface area (TPSA) is 40.6 Å². The molecule has 4 nitrogen and oxygen atoms in total. The van der Waals surface area contributed by atoms with Crippen molar-refractivity contribution in [3.05, 3.63) is 22.4 Å². The Hall–Kier alpha value is -1.36. The summed E-state index contributed by atoms with van der Waals surface area (Å²) in [6.45, 7) is 2.16. The van der Waals surface area contributed by atoms with Crippen LogP contribution in [-0.4, -0.2) is 48.3 Å². The number of carbonyl (C=O) groups is 2. The van der Waals surface area contributed by atoms with Gasteiger partial charge in [-0.2, -0.15) is 0 Å². The van der Waals surface area contributed by atoms with Crippen LogP contribution in [0.4, 0.5) is 0 Å². The third-order valence-electron chi connectivity index (χ3n) is 3.70. The van der Waals surface area contributed by atoms with Crippen molar-refractivity contribution in [2.24, 2.45) is 0 Å². The van der Waals surface area contributed by atoms with Crippen LogP contribution < -0.4 is 0 Å². The maximum Gasteiger partial charge on any atom is 0.222 e. The third kappa shape index (κ3) is 4.34. The number of likely N-dealkylation sites (tertiary alicyclic amines) is 1. The van der Waals surface area contributed by atoms with Crippen molar-refractivity contribution in [1.29, 1.82) is 0 Å². The molecule has 1 aliphatic rings. The number of aryl methyl sites for hydroxylation is 1. The Balaban J connectivity index is 1.62. The lowest BCUT2D eigenvalue weighted by Crippen LogP contribution is -2.36. The van der Waals surface area contributed by atoms with Gasteiger partial charge in [0.15, 0.2) is 0 Å². The monoisotopic (exact) mass is 294 g/mol. The molecule has 1 saturated heterocycles. The van der Waals surface area contributed by atoms with Gasteiger partial charge in [-0.1, -0.05) is 6.07 Å². The maximum absolute atomic E-state index is 12.0. The normalized spacial score (nSPS) is 14.8. The summed E-state index contributed by atoms with van der Waals surface area (Å²) in [7, 11) is 1.83. The van der Waals surface area contributed by atoms with Gasteiger partial charge in [-0.3, -0.25) is 9.59 Å². The second-order valence-electron chi connectivity index (χ2n) is 5.23. The molecule has 20 heavy (non-hydrogen) atoms. The molecule has 110 valence electrons. The van der Waals surface area contributed by atoms with Crippen LogP contribution in [0.5, 0.6) is 0 Å². The molecule has 0 radical (unpaired) electrons. The summed E-state index contributed by atoms with van der Waals surface area (Å²) in [5, 5.41) is 2.07. The maximum atomic E-state index is 12.0. The Morgan fingerprint density at radius 1 is 1.50 bits per heavy atom. The van der Waals surface area contributed by atoms with E-state index >= 15 is 0 Å². The van der Waals surface area contributed by atoms with Gasteiger partial charge in [0, 0.05) is 44.4 Å². The molecule has 2 amide bonds. The van der Waals surface area contributed by atoms with E-state index in [2.05, 4.69) is 11.4 Å². The fraction of sp³-hybridized carbons (Fsp3) is 0.600. The molecule has 1 aromatic rings. The van der Waals surface area contributed by atoms with E-state index in [-0.39, 0.29) is 11.8 Å². The molecule has 0 saturated carbocycles. The molecule has 0 aromatic carbocycles. The Morgan fingerprint density at radius 3 is 3.00 bits per heavy atom. The number of hydrogen-bond donors (Lipinski definition) is 0. The predicted molar refractivity (Wildman–Crippen MR) is 80.7 cm³/mol. The fourth-order valence-electron chi connectivity index (χ4n) is 2.40. The number of thiophene rings is 1. The van der Waals surface area contributed by atoms with Gasteiger partial charge in [-0.25, -0.2) is 0 Å². The van der Waals surface area contributed by atoms with Gasteiger partial charge >= 0.3 is 0 Å². The standard InChI is InChI=1S/C15H22N2O2S/c1-16(10-11-17-9-3-8-15(17)19)14(18)7-2-5-13-6-4-12-20-13/h4,6,12H,2-3,5,7-11H2,1H3. The largest absolute Gasteiger partial charge is 0.344 e. The van der Waals surface area contributed by atoms with Crippen LogP contribution in [-0.2, 0) is 16.0 Å². The summed E-state index contributed by atoms with van der Waals surface area (Å²) in [6.07, 6.45) is 4.08. The number of amides is 2. The van der Waals surface area contributed by atoms with Crippen LogP contribution in [0.1, 0.15) is 30.6 Å². The average molecular weight is 294 g/mol. The molecule has 0 unspecified atom stereocenters. The van der Waals surface area contributed by atoms with Gasteiger partial charge in [-0.15, -0.1) is 11.3 Å². The second kappa shape index (κ2) is 7.43. The first-order valence-corrected chi connectivity index (χ1v) is 8.09. The zero-order chi connectivity index (χ0) is 14.4. The van der Waals surface area contributed by atoms with Crippen LogP contribution in [0, 0.1) is 0 Å². The van der Waals surface area contributed by atoms with E-state index in [1.54, 1.807) is 16.2 Å². The number of rotatable bonds is 7. The highest BCUT2D eigenvalue weighted by Gasteiger charge is 2.20. The summed E-state index contributed by atoms with van der Waals surface area (Å²) in [5.41, 5.74) is 0. The van der Waals surface area contributed by atoms with Gasteiger partial charge in [0.1, 0.15) is 0 Å². The third-order valence-corrected chi connectivity index (χ3v) is 4.63. The van der Waals surface area contributed by atoms with E-state index in [0.717, 1.165) is 25.8 Å². The zero-order valence-electron chi connectivity index (χ0n) is 12.0. The van der Waals surface area contributed by atoms with E-state index in [1.807, 2.05) is 18.0 Å². The van der Waals surface area contributed by atoms with Gasteiger partial charge in [0.25, 0.3) is 0 Å². The van der Waals surface area contributed by atoms with Crippen LogP contribution >= 0.6 is 11.3 Å². The highest BCUT2D eigenvalue weighted by Crippen LogP contribution is 2.13. The second-order valence-corrected chi connectivity index (χ2v) is 6.26. The number of nitrogens with zero attached hydrogens (tertiary/aromatic N) is 2. The fourth-order valence-corrected chi connectivity index (χ4v) is 3.15. The molecular weight excluding hydrogens is 272 g/mol. The molecule has 1 aliphatic heterocycles. The molecular formula is C15H22N2O2S. The van der Waals surface area contributed by atoms with Gasteiger partial charge in [-0.05, 0) is 30.7 Å². The van der Waals surface area contributed by atoms with Crippen molar-refractivity contribution in [2.45, 2.75) is 32.1 Å². The SMILES string of the molecule is CN(CCN1CCCC1=O)C(=O)CCCc1cccs1. The minimum Gasteiger partial charge on any atom is -0.344 e. The zero-order valence-corrected chi connectivity index (χ0v) is 12.8. The lowest BCUT2D eigenvalue weighted by atomic mass is 10.2. The van der Waals surface area contributed by atoms with Gasteiger partial charge in [0.05, 0.1) is 0 Å². The number of likely N-dealkylation sites (N-methyl/N-ethyl adjacent to an activating group) is 1. The molecule has 5 heteroatoms. The molecule has 2 heterocycles. The molecule has 0 N–H and O–H groups in total. The lowest BCUT2D eigenvalue weighted by Gasteiger charge is -2.21. The van der Waals surface area contributed by atoms with E-state index in [1.165, 1.54) is 4.88 Å². The van der Waals surface area contributed by atoms with E-state index in [0.29, 0.717) is 25.9 Å². The van der Waals surface area contributed by atoms with E-state index in [4.69, 9.17) is 0 Å². The summed E-state index contributed by atoms with van der Waals surface area (Å²) in [5.74, 6) is 0.400. The van der Waals surface area contributed by atoms with Crippen molar-refractivity contribution in [3.8, 4) is 0 Å². The minimum atomic E-state index is 0.174. The molecule has 1 aromatic heterocycles. The van der Waals surface area contributed by atoms with Crippen LogP contribution in [0.15, 0.2) is 17.5 Å². The Labute approximate surface area is 124 Å². The first-order valence-electron chi connectivity index (χ1n) is 7.21. The Bertz CT molecular complexity index is 445. The van der Waals surface area contributed by atoms with Crippen LogP contribution in [0.3, 0.4) is 0 Å². The summed E-state index contributed by atoms with van der Waals surface area (Å²) in [6, 6.07) is 4.15. The highest BCUT2D eigenvalue weighted by atomic mass is 32.1. The van der Waals surface area contributed by atoms with Gasteiger partial charge < -0.3 is 9.80 Å². The van der Waals surface area contributed by atoms with Crippen molar-refractivity contribution >= 4 is 23.2 Å². The molecule has 0 spiro atoms. The van der Waals surface area contributed by atoms with Gasteiger partial charge in [0.2, 0.25) is 11.8 Å². The highest BCUT2D eigenvalue weighted by molar-refractivity contribution is 7.09. The molecule has 2 rings (SSSR count). The minimum absolute atomic E-state index is 0.174. The first-order chi connectivity index (χ1) is 9.66. The van der Waals surface area contributed by atoms with Crippen molar-refractivity contribution < 1.29 is 9.59 Å². The average Bonchev–Trinajstić information content (AvgIpc) is 3.07. The molecule has 1 fully saturated rings. The van der Waals surface area contributed by atoms with Crippen molar-refractivity contribution in [3.63, 3.8) is 0 Å². The van der Waals surface area contributed by atoms with E-state index in [9.17, 15) is 9.59 Å². The summed E-state index contributed by atoms with van der Waals surface area (Å²) < 4.78 is 0. The van der Waals surface area contributed by atoms with Crippen molar-refractivity contribution in [1.82, 2.24) is 9.80 Å². The smallest absolute Gasteiger partial charge is 0.222 e. The number of hydrogen-bond acceptors (Lipinski definition) is 3. The van der Waals surface area contributed by atoms with E-state index < -0.39 is 0 Å². The lowest BCUT2D eigenvalue weighted by molar-refractivity contribution is -0.132. The quantitative estimate of drug-likeness (QED) is 0.773. The summed E-state index contributed by atoms with van der Waals surface area (Å²) in [4.78, 5) is 28.4. The Kier molecular flexibility index (Phi) is 5.59. The molecule has 0 bridgehead atoms.